The highest BCUT2D eigenvalue weighted by Gasteiger charge is 2.29. The Labute approximate surface area is 195 Å². The maximum absolute atomic E-state index is 13.2. The highest BCUT2D eigenvalue weighted by atomic mass is 32.2. The Kier molecular flexibility index (Phi) is 6.37. The van der Waals surface area contributed by atoms with Crippen molar-refractivity contribution in [1.29, 1.82) is 0 Å². The number of rotatable bonds is 8. The molecular formula is C21H22FN7O4S. The van der Waals surface area contributed by atoms with Crippen molar-refractivity contribution in [3.63, 3.8) is 0 Å². The van der Waals surface area contributed by atoms with Gasteiger partial charge in [-0.3, -0.25) is 4.57 Å². The van der Waals surface area contributed by atoms with Crippen LogP contribution in [0.5, 0.6) is 5.88 Å². The molecule has 0 saturated carbocycles. The van der Waals surface area contributed by atoms with Gasteiger partial charge in [0.25, 0.3) is 0 Å². The fourth-order valence-corrected chi connectivity index (χ4v) is 4.65. The van der Waals surface area contributed by atoms with Crippen LogP contribution >= 0.6 is 0 Å². The van der Waals surface area contributed by atoms with E-state index in [0.29, 0.717) is 34.5 Å². The standard InChI is InChI=1S/C21H22FN7O4S/c1-12(8-17-23-9-15(22)10-24-17)34(30,31)11-18-26-27-21(16-6-5-7-19(25-16)32-4)29(18)20-13(2)28-33-14(20)3/h5-7,9-10,12H,8,11H2,1-4H3/t12-/m0/s1. The van der Waals surface area contributed by atoms with Crippen molar-refractivity contribution in [3.8, 4) is 23.1 Å². The summed E-state index contributed by atoms with van der Waals surface area (Å²) in [7, 11) is -2.24. The number of aromatic nitrogens is 7. The third-order valence-corrected chi connectivity index (χ3v) is 7.25. The minimum atomic E-state index is -3.74. The van der Waals surface area contributed by atoms with Crippen LogP contribution in [0.25, 0.3) is 17.2 Å². The van der Waals surface area contributed by atoms with E-state index >= 15 is 0 Å². The first-order valence-corrected chi connectivity index (χ1v) is 12.0. The molecule has 1 atom stereocenters. The number of halogens is 1. The van der Waals surface area contributed by atoms with Crippen LogP contribution in [0.2, 0.25) is 0 Å². The lowest BCUT2D eigenvalue weighted by Crippen LogP contribution is -2.24. The lowest BCUT2D eigenvalue weighted by molar-refractivity contribution is 0.393. The zero-order valence-electron chi connectivity index (χ0n) is 18.9. The third-order valence-electron chi connectivity index (χ3n) is 5.20. The third kappa shape index (κ3) is 4.64. The Morgan fingerprint density at radius 2 is 1.91 bits per heavy atom. The van der Waals surface area contributed by atoms with Crippen LogP contribution in [0.3, 0.4) is 0 Å². The van der Waals surface area contributed by atoms with Gasteiger partial charge in [0, 0.05) is 12.5 Å². The molecule has 0 aliphatic carbocycles. The van der Waals surface area contributed by atoms with Crippen molar-refractivity contribution < 1.29 is 22.1 Å². The van der Waals surface area contributed by atoms with Gasteiger partial charge < -0.3 is 9.26 Å². The summed E-state index contributed by atoms with van der Waals surface area (Å²) in [5.41, 5.74) is 1.50. The Hall–Kier alpha value is -3.74. The van der Waals surface area contributed by atoms with Gasteiger partial charge >= 0.3 is 0 Å². The van der Waals surface area contributed by atoms with Crippen LogP contribution in [0.4, 0.5) is 4.39 Å². The molecule has 4 aromatic heterocycles. The fraction of sp³-hybridized carbons (Fsp3) is 0.333. The van der Waals surface area contributed by atoms with Gasteiger partial charge in [0.1, 0.15) is 28.7 Å². The Morgan fingerprint density at radius 3 is 2.56 bits per heavy atom. The van der Waals surface area contributed by atoms with Gasteiger partial charge in [-0.05, 0) is 26.8 Å². The highest BCUT2D eigenvalue weighted by Crippen LogP contribution is 2.28. The first-order chi connectivity index (χ1) is 16.2. The number of sulfone groups is 1. The minimum Gasteiger partial charge on any atom is -0.481 e. The molecule has 0 amide bonds. The number of nitrogens with zero attached hydrogens (tertiary/aromatic N) is 7. The maximum Gasteiger partial charge on any atom is 0.213 e. The van der Waals surface area contributed by atoms with E-state index in [0.717, 1.165) is 12.4 Å². The quantitative estimate of drug-likeness (QED) is 0.364. The van der Waals surface area contributed by atoms with Crippen LogP contribution in [0, 0.1) is 19.7 Å². The molecule has 11 nitrogen and oxygen atoms in total. The second kappa shape index (κ2) is 9.25. The second-order valence-electron chi connectivity index (χ2n) is 7.65. The molecule has 0 spiro atoms. The molecule has 0 bridgehead atoms. The number of hydrogen-bond acceptors (Lipinski definition) is 10. The monoisotopic (exact) mass is 487 g/mol. The topological polar surface area (TPSA) is 139 Å². The molecule has 13 heteroatoms. The van der Waals surface area contributed by atoms with Crippen LogP contribution < -0.4 is 4.74 Å². The largest absolute Gasteiger partial charge is 0.481 e. The zero-order valence-corrected chi connectivity index (χ0v) is 19.7. The molecule has 34 heavy (non-hydrogen) atoms. The fourth-order valence-electron chi connectivity index (χ4n) is 3.41. The van der Waals surface area contributed by atoms with E-state index < -0.39 is 26.7 Å². The normalized spacial score (nSPS) is 12.6. The van der Waals surface area contributed by atoms with Crippen molar-refractivity contribution >= 4 is 9.84 Å². The second-order valence-corrected chi connectivity index (χ2v) is 10.1. The molecule has 0 saturated heterocycles. The van der Waals surface area contributed by atoms with Crippen LogP contribution in [0.15, 0.2) is 35.1 Å². The van der Waals surface area contributed by atoms with Crippen LogP contribution in [-0.2, 0) is 22.0 Å². The van der Waals surface area contributed by atoms with Crippen molar-refractivity contribution in [3.05, 3.63) is 59.5 Å². The van der Waals surface area contributed by atoms with Gasteiger partial charge in [-0.2, -0.15) is 0 Å². The summed E-state index contributed by atoms with van der Waals surface area (Å²) in [5, 5.41) is 11.5. The number of aryl methyl sites for hydroxylation is 2. The Balaban J connectivity index is 1.74. The molecule has 178 valence electrons. The minimum absolute atomic E-state index is 0.0202. The molecule has 0 unspecified atom stereocenters. The van der Waals surface area contributed by atoms with Crippen molar-refractivity contribution in [2.75, 3.05) is 7.11 Å². The average Bonchev–Trinajstić information content (AvgIpc) is 3.36. The first-order valence-electron chi connectivity index (χ1n) is 10.3. The molecule has 0 N–H and O–H groups in total. The predicted octanol–water partition coefficient (Wildman–Crippen LogP) is 2.42. The molecule has 0 fully saturated rings. The van der Waals surface area contributed by atoms with Gasteiger partial charge in [-0.15, -0.1) is 10.2 Å². The number of ether oxygens (including phenoxy) is 1. The van der Waals surface area contributed by atoms with Crippen molar-refractivity contribution in [2.45, 2.75) is 38.2 Å². The molecule has 4 heterocycles. The van der Waals surface area contributed by atoms with Crippen molar-refractivity contribution in [1.82, 2.24) is 34.9 Å². The lowest BCUT2D eigenvalue weighted by atomic mass is 10.2. The highest BCUT2D eigenvalue weighted by molar-refractivity contribution is 7.91. The molecule has 0 aliphatic rings. The molecule has 0 aromatic carbocycles. The van der Waals surface area contributed by atoms with Crippen LogP contribution in [0.1, 0.15) is 30.0 Å². The van der Waals surface area contributed by atoms with E-state index in [4.69, 9.17) is 9.26 Å². The number of hydrogen-bond donors (Lipinski definition) is 0. The molecule has 4 rings (SSSR count). The van der Waals surface area contributed by atoms with Gasteiger partial charge in [-0.25, -0.2) is 27.8 Å². The van der Waals surface area contributed by atoms with Gasteiger partial charge in [0.15, 0.2) is 33.1 Å². The summed E-state index contributed by atoms with van der Waals surface area (Å²) < 4.78 is 51.6. The van der Waals surface area contributed by atoms with E-state index in [1.165, 1.54) is 7.11 Å². The summed E-state index contributed by atoms with van der Waals surface area (Å²) in [6.45, 7) is 5.00. The van der Waals surface area contributed by atoms with Crippen molar-refractivity contribution in [2.24, 2.45) is 0 Å². The molecule has 0 radical (unpaired) electrons. The lowest BCUT2D eigenvalue weighted by Gasteiger charge is -2.14. The summed E-state index contributed by atoms with van der Waals surface area (Å²) >= 11 is 0. The first kappa shape index (κ1) is 23.4. The average molecular weight is 488 g/mol. The summed E-state index contributed by atoms with van der Waals surface area (Å²) in [6.07, 6.45) is 2.03. The molecule has 4 aromatic rings. The Morgan fingerprint density at radius 1 is 1.18 bits per heavy atom. The maximum atomic E-state index is 13.2. The van der Waals surface area contributed by atoms with E-state index in [1.54, 1.807) is 43.5 Å². The van der Waals surface area contributed by atoms with E-state index in [9.17, 15) is 12.8 Å². The number of methoxy groups -OCH3 is 1. The van der Waals surface area contributed by atoms with Gasteiger partial charge in [0.05, 0.1) is 24.8 Å². The summed E-state index contributed by atoms with van der Waals surface area (Å²) in [6, 6.07) is 5.15. The molecular weight excluding hydrogens is 465 g/mol. The summed E-state index contributed by atoms with van der Waals surface area (Å²) in [5.74, 6) is 0.530. The predicted molar refractivity (Wildman–Crippen MR) is 118 cm³/mol. The van der Waals surface area contributed by atoms with E-state index in [1.807, 2.05) is 0 Å². The van der Waals surface area contributed by atoms with E-state index in [2.05, 4.69) is 30.3 Å². The summed E-state index contributed by atoms with van der Waals surface area (Å²) in [4.78, 5) is 12.1. The molecule has 0 aliphatic heterocycles. The van der Waals surface area contributed by atoms with Gasteiger partial charge in [-0.1, -0.05) is 11.2 Å². The number of pyridine rings is 1. The van der Waals surface area contributed by atoms with Gasteiger partial charge in [0.2, 0.25) is 5.88 Å². The SMILES string of the molecule is COc1cccc(-c2nnc(CS(=O)(=O)[C@@H](C)Cc3ncc(F)cn3)n2-c2c(C)noc2C)n1. The van der Waals surface area contributed by atoms with Crippen LogP contribution in [-0.4, -0.2) is 55.7 Å². The smallest absolute Gasteiger partial charge is 0.213 e. The Bertz CT molecular complexity index is 1400. The van der Waals surface area contributed by atoms with E-state index in [-0.39, 0.29) is 18.1 Å². The zero-order chi connectivity index (χ0) is 24.5.